The molecule has 0 unspecified atom stereocenters. The zero-order chi connectivity index (χ0) is 25.9. The SMILES string of the molecule is Brc1ccccc1-c1ccccc1-c1ccccc1-c1ccccc1-c1ccccc1-c1ccccc1Br. The largest absolute Gasteiger partial charge is 0.0616 e. The van der Waals surface area contributed by atoms with Gasteiger partial charge in [0.25, 0.3) is 0 Å². The highest BCUT2D eigenvalue weighted by atomic mass is 79.9. The highest BCUT2D eigenvalue weighted by Crippen LogP contribution is 2.44. The van der Waals surface area contributed by atoms with Gasteiger partial charge < -0.3 is 0 Å². The Morgan fingerprint density at radius 1 is 0.211 bits per heavy atom. The van der Waals surface area contributed by atoms with Crippen LogP contribution in [0.3, 0.4) is 0 Å². The van der Waals surface area contributed by atoms with Crippen LogP contribution >= 0.6 is 31.9 Å². The normalized spacial score (nSPS) is 10.9. The van der Waals surface area contributed by atoms with Crippen LogP contribution < -0.4 is 0 Å². The molecule has 0 heterocycles. The molecule has 6 aromatic carbocycles. The lowest BCUT2D eigenvalue weighted by atomic mass is 9.85. The lowest BCUT2D eigenvalue weighted by Gasteiger charge is -2.19. The van der Waals surface area contributed by atoms with Gasteiger partial charge in [-0.1, -0.05) is 165 Å². The zero-order valence-corrected chi connectivity index (χ0v) is 23.8. The van der Waals surface area contributed by atoms with Crippen molar-refractivity contribution in [3.8, 4) is 55.6 Å². The lowest BCUT2D eigenvalue weighted by Crippen LogP contribution is -1.93. The number of rotatable bonds is 5. The van der Waals surface area contributed by atoms with Crippen molar-refractivity contribution in [2.24, 2.45) is 0 Å². The Morgan fingerprint density at radius 2 is 0.368 bits per heavy atom. The maximum atomic E-state index is 3.78. The molecule has 0 saturated heterocycles. The van der Waals surface area contributed by atoms with E-state index in [1.54, 1.807) is 0 Å². The standard InChI is InChI=1S/C36H24Br2/c37-35-23-11-9-21-33(35)31-19-7-5-17-29(31)27-15-3-1-13-25(27)26-14-2-4-16-28(26)30-18-6-8-20-32(30)34-22-10-12-24-36(34)38/h1-24H. The van der Waals surface area contributed by atoms with Crippen molar-refractivity contribution in [3.05, 3.63) is 155 Å². The fourth-order valence-corrected chi connectivity index (χ4v) is 6.17. The summed E-state index contributed by atoms with van der Waals surface area (Å²) in [4.78, 5) is 0. The molecule has 0 radical (unpaired) electrons. The zero-order valence-electron chi connectivity index (χ0n) is 20.6. The van der Waals surface area contributed by atoms with Crippen molar-refractivity contribution in [2.45, 2.75) is 0 Å². The van der Waals surface area contributed by atoms with Crippen LogP contribution in [0.5, 0.6) is 0 Å². The first-order valence-electron chi connectivity index (χ1n) is 12.6. The van der Waals surface area contributed by atoms with Crippen molar-refractivity contribution in [1.82, 2.24) is 0 Å². The summed E-state index contributed by atoms with van der Waals surface area (Å²) >= 11 is 7.55. The third kappa shape index (κ3) is 4.67. The quantitative estimate of drug-likeness (QED) is 0.181. The van der Waals surface area contributed by atoms with Gasteiger partial charge in [-0.25, -0.2) is 0 Å². The van der Waals surface area contributed by atoms with Crippen LogP contribution in [0.15, 0.2) is 155 Å². The second-order valence-electron chi connectivity index (χ2n) is 9.14. The fourth-order valence-electron chi connectivity index (χ4n) is 5.17. The predicted octanol–water partition coefficient (Wildman–Crippen LogP) is 11.5. The van der Waals surface area contributed by atoms with Gasteiger partial charge in [-0.3, -0.25) is 0 Å². The van der Waals surface area contributed by atoms with Crippen LogP contribution in [0.2, 0.25) is 0 Å². The first-order valence-corrected chi connectivity index (χ1v) is 14.2. The third-order valence-electron chi connectivity index (χ3n) is 6.91. The Bertz CT molecular complexity index is 1620. The summed E-state index contributed by atoms with van der Waals surface area (Å²) in [6.07, 6.45) is 0. The molecule has 0 bridgehead atoms. The molecule has 0 aliphatic rings. The molecule has 0 saturated carbocycles. The van der Waals surface area contributed by atoms with Gasteiger partial charge in [0.15, 0.2) is 0 Å². The van der Waals surface area contributed by atoms with Gasteiger partial charge in [0.1, 0.15) is 0 Å². The first-order chi connectivity index (χ1) is 18.7. The van der Waals surface area contributed by atoms with E-state index in [0.29, 0.717) is 0 Å². The van der Waals surface area contributed by atoms with E-state index in [2.05, 4.69) is 177 Å². The van der Waals surface area contributed by atoms with Crippen molar-refractivity contribution >= 4 is 31.9 Å². The second-order valence-corrected chi connectivity index (χ2v) is 10.9. The topological polar surface area (TPSA) is 0 Å². The van der Waals surface area contributed by atoms with Gasteiger partial charge in [0.05, 0.1) is 0 Å². The Balaban J connectivity index is 1.57. The summed E-state index contributed by atoms with van der Waals surface area (Å²) in [7, 11) is 0. The minimum atomic E-state index is 1.09. The summed E-state index contributed by atoms with van der Waals surface area (Å²) in [6, 6.07) is 51.7. The summed E-state index contributed by atoms with van der Waals surface area (Å²) in [5.41, 5.74) is 12.1. The average Bonchev–Trinajstić information content (AvgIpc) is 2.98. The van der Waals surface area contributed by atoms with E-state index < -0.39 is 0 Å². The van der Waals surface area contributed by atoms with E-state index in [1.807, 2.05) is 0 Å². The lowest BCUT2D eigenvalue weighted by molar-refractivity contribution is 1.53. The van der Waals surface area contributed by atoms with E-state index in [9.17, 15) is 0 Å². The van der Waals surface area contributed by atoms with Crippen LogP contribution in [0, 0.1) is 0 Å². The van der Waals surface area contributed by atoms with Crippen molar-refractivity contribution < 1.29 is 0 Å². The van der Waals surface area contributed by atoms with Crippen molar-refractivity contribution in [1.29, 1.82) is 0 Å². The highest BCUT2D eigenvalue weighted by molar-refractivity contribution is 9.11. The molecule has 0 nitrogen and oxygen atoms in total. The van der Waals surface area contributed by atoms with Gasteiger partial charge in [0, 0.05) is 8.95 Å². The predicted molar refractivity (Wildman–Crippen MR) is 169 cm³/mol. The minimum absolute atomic E-state index is 1.09. The number of hydrogen-bond donors (Lipinski definition) is 0. The smallest absolute Gasteiger partial charge is 0.0253 e. The molecule has 6 aromatic rings. The third-order valence-corrected chi connectivity index (χ3v) is 8.29. The molecule has 0 fully saturated rings. The number of benzene rings is 6. The molecular weight excluding hydrogens is 592 g/mol. The summed E-state index contributed by atoms with van der Waals surface area (Å²) in [5.74, 6) is 0. The van der Waals surface area contributed by atoms with E-state index in [1.165, 1.54) is 55.6 Å². The van der Waals surface area contributed by atoms with Crippen molar-refractivity contribution in [2.75, 3.05) is 0 Å². The van der Waals surface area contributed by atoms with Gasteiger partial charge >= 0.3 is 0 Å². The second kappa shape index (κ2) is 10.9. The molecule has 2 heteroatoms. The highest BCUT2D eigenvalue weighted by Gasteiger charge is 2.18. The average molecular weight is 616 g/mol. The minimum Gasteiger partial charge on any atom is -0.0616 e. The molecule has 38 heavy (non-hydrogen) atoms. The monoisotopic (exact) mass is 614 g/mol. The Morgan fingerprint density at radius 3 is 0.579 bits per heavy atom. The summed E-state index contributed by atoms with van der Waals surface area (Å²) < 4.78 is 2.18. The Kier molecular flexibility index (Phi) is 7.09. The molecule has 0 N–H and O–H groups in total. The van der Waals surface area contributed by atoms with Crippen LogP contribution in [0.4, 0.5) is 0 Å². The first kappa shape index (κ1) is 24.6. The molecule has 0 aromatic heterocycles. The summed E-state index contributed by atoms with van der Waals surface area (Å²) in [6.45, 7) is 0. The van der Waals surface area contributed by atoms with Crippen LogP contribution in [0.1, 0.15) is 0 Å². The Hall–Kier alpha value is -3.72. The summed E-state index contributed by atoms with van der Waals surface area (Å²) in [5, 5.41) is 0. The molecule has 0 amide bonds. The van der Waals surface area contributed by atoms with Gasteiger partial charge in [-0.2, -0.15) is 0 Å². The van der Waals surface area contributed by atoms with E-state index >= 15 is 0 Å². The van der Waals surface area contributed by atoms with Crippen molar-refractivity contribution in [3.63, 3.8) is 0 Å². The molecule has 0 aliphatic carbocycles. The van der Waals surface area contributed by atoms with Gasteiger partial charge in [0.2, 0.25) is 0 Å². The maximum absolute atomic E-state index is 3.78. The molecule has 0 spiro atoms. The Labute approximate surface area is 240 Å². The maximum Gasteiger partial charge on any atom is 0.0253 e. The molecular formula is C36H24Br2. The van der Waals surface area contributed by atoms with Crippen LogP contribution in [-0.4, -0.2) is 0 Å². The van der Waals surface area contributed by atoms with E-state index in [4.69, 9.17) is 0 Å². The van der Waals surface area contributed by atoms with Gasteiger partial charge in [-0.15, -0.1) is 0 Å². The van der Waals surface area contributed by atoms with Crippen LogP contribution in [-0.2, 0) is 0 Å². The molecule has 0 atom stereocenters. The van der Waals surface area contributed by atoms with Crippen LogP contribution in [0.25, 0.3) is 55.6 Å². The number of hydrogen-bond acceptors (Lipinski definition) is 0. The fraction of sp³-hybridized carbons (Fsp3) is 0. The van der Waals surface area contributed by atoms with E-state index in [0.717, 1.165) is 8.95 Å². The van der Waals surface area contributed by atoms with E-state index in [-0.39, 0.29) is 0 Å². The van der Waals surface area contributed by atoms with Gasteiger partial charge in [-0.05, 0) is 67.8 Å². The number of halogens is 2. The molecule has 0 aliphatic heterocycles. The molecule has 182 valence electrons. The molecule has 6 rings (SSSR count).